The lowest BCUT2D eigenvalue weighted by Gasteiger charge is -2.00. The first kappa shape index (κ1) is 13.3. The van der Waals surface area contributed by atoms with Crippen molar-refractivity contribution in [3.63, 3.8) is 0 Å². The molecule has 1 aromatic rings. The Labute approximate surface area is 105 Å². The fraction of sp³-hybridized carbons (Fsp3) is 0.231. The van der Waals surface area contributed by atoms with Crippen LogP contribution in [0.3, 0.4) is 0 Å². The molecule has 0 saturated carbocycles. The summed E-state index contributed by atoms with van der Waals surface area (Å²) >= 11 is 1.14. The molecule has 0 aliphatic heterocycles. The number of methoxy groups -OCH3 is 1. The van der Waals surface area contributed by atoms with Gasteiger partial charge in [-0.25, -0.2) is 4.79 Å². The molecule has 0 bridgehead atoms. The van der Waals surface area contributed by atoms with Crippen LogP contribution in [0, 0.1) is 11.8 Å². The monoisotopic (exact) mass is 248 g/mol. The molecule has 3 nitrogen and oxygen atoms in total. The topological polar surface area (TPSA) is 43.4 Å². The van der Waals surface area contributed by atoms with Crippen molar-refractivity contribution in [2.75, 3.05) is 12.9 Å². The third kappa shape index (κ3) is 4.33. The van der Waals surface area contributed by atoms with E-state index in [1.807, 2.05) is 0 Å². The first-order valence-electron chi connectivity index (χ1n) is 4.94. The van der Waals surface area contributed by atoms with Gasteiger partial charge in [0.2, 0.25) is 0 Å². The molecule has 0 N–H and O–H groups in total. The Bertz CT molecular complexity index is 483. The summed E-state index contributed by atoms with van der Waals surface area (Å²) in [4.78, 5) is 22.1. The SMILES string of the molecule is COC(=O)c1ccccc1C#CCSC(C)=O. The molecular formula is C13H12O3S. The van der Waals surface area contributed by atoms with Crippen LogP contribution >= 0.6 is 11.8 Å². The van der Waals surface area contributed by atoms with Gasteiger partial charge in [0.15, 0.2) is 5.12 Å². The zero-order chi connectivity index (χ0) is 12.7. The minimum absolute atomic E-state index is 0.0283. The highest BCUT2D eigenvalue weighted by molar-refractivity contribution is 8.13. The van der Waals surface area contributed by atoms with E-state index in [1.165, 1.54) is 14.0 Å². The molecule has 0 atom stereocenters. The summed E-state index contributed by atoms with van der Waals surface area (Å²) in [5, 5.41) is 0.0283. The molecule has 1 rings (SSSR count). The van der Waals surface area contributed by atoms with E-state index in [2.05, 4.69) is 16.6 Å². The standard InChI is InChI=1S/C13H12O3S/c1-10(14)17-9-5-7-11-6-3-4-8-12(11)13(15)16-2/h3-4,6,8H,9H2,1-2H3. The molecule has 0 saturated heterocycles. The van der Waals surface area contributed by atoms with Crippen LogP contribution < -0.4 is 0 Å². The minimum Gasteiger partial charge on any atom is -0.465 e. The number of carbonyl (C=O) groups excluding carboxylic acids is 2. The molecule has 17 heavy (non-hydrogen) atoms. The fourth-order valence-corrected chi connectivity index (χ4v) is 1.50. The lowest BCUT2D eigenvalue weighted by molar-refractivity contribution is -0.109. The molecule has 88 valence electrons. The zero-order valence-corrected chi connectivity index (χ0v) is 10.5. The van der Waals surface area contributed by atoms with Gasteiger partial charge in [-0.15, -0.1) is 0 Å². The van der Waals surface area contributed by atoms with E-state index in [1.54, 1.807) is 24.3 Å². The number of thioether (sulfide) groups is 1. The van der Waals surface area contributed by atoms with Gasteiger partial charge in [-0.2, -0.15) is 0 Å². The van der Waals surface area contributed by atoms with Crippen LogP contribution in [0.4, 0.5) is 0 Å². The van der Waals surface area contributed by atoms with Crippen molar-refractivity contribution >= 4 is 22.8 Å². The molecule has 0 spiro atoms. The molecule has 0 heterocycles. The molecule has 0 aliphatic rings. The van der Waals surface area contributed by atoms with Gasteiger partial charge < -0.3 is 4.74 Å². The second-order valence-corrected chi connectivity index (χ2v) is 4.27. The van der Waals surface area contributed by atoms with Crippen molar-refractivity contribution in [1.29, 1.82) is 0 Å². The fourth-order valence-electron chi connectivity index (χ4n) is 1.15. The molecule has 0 unspecified atom stereocenters. The van der Waals surface area contributed by atoms with E-state index < -0.39 is 5.97 Å². The summed E-state index contributed by atoms with van der Waals surface area (Å²) in [5.41, 5.74) is 1.05. The van der Waals surface area contributed by atoms with Gasteiger partial charge in [0.05, 0.1) is 18.4 Å². The van der Waals surface area contributed by atoms with Gasteiger partial charge in [0, 0.05) is 12.5 Å². The molecule has 0 amide bonds. The summed E-state index contributed by atoms with van der Waals surface area (Å²) in [5.74, 6) is 5.71. The Kier molecular flexibility index (Phi) is 5.31. The van der Waals surface area contributed by atoms with Crippen molar-refractivity contribution < 1.29 is 14.3 Å². The number of hydrogen-bond donors (Lipinski definition) is 0. The molecular weight excluding hydrogens is 236 g/mol. The van der Waals surface area contributed by atoms with Gasteiger partial charge >= 0.3 is 5.97 Å². The quantitative estimate of drug-likeness (QED) is 0.594. The van der Waals surface area contributed by atoms with Gasteiger partial charge in [-0.1, -0.05) is 35.7 Å². The number of carbonyl (C=O) groups is 2. The predicted octanol–water partition coefficient (Wildman–Crippen LogP) is 2.10. The number of rotatable bonds is 2. The molecule has 4 heteroatoms. The Morgan fingerprint density at radius 2 is 2.06 bits per heavy atom. The lowest BCUT2D eigenvalue weighted by Crippen LogP contribution is -2.03. The second kappa shape index (κ2) is 6.77. The molecule has 0 fully saturated rings. The number of ether oxygens (including phenoxy) is 1. The highest BCUT2D eigenvalue weighted by atomic mass is 32.2. The minimum atomic E-state index is -0.408. The first-order chi connectivity index (χ1) is 8.15. The third-order valence-corrected chi connectivity index (χ3v) is 2.60. The lowest BCUT2D eigenvalue weighted by atomic mass is 10.1. The van der Waals surface area contributed by atoms with Crippen LogP contribution in [-0.2, 0) is 9.53 Å². The van der Waals surface area contributed by atoms with Gasteiger partial charge in [-0.3, -0.25) is 4.79 Å². The van der Waals surface area contributed by atoms with Gasteiger partial charge in [0.25, 0.3) is 0 Å². The summed E-state index contributed by atoms with van der Waals surface area (Å²) in [6, 6.07) is 6.96. The maximum Gasteiger partial charge on any atom is 0.339 e. The molecule has 0 radical (unpaired) electrons. The van der Waals surface area contributed by atoms with E-state index in [9.17, 15) is 9.59 Å². The van der Waals surface area contributed by atoms with E-state index in [0.717, 1.165) is 11.8 Å². The smallest absolute Gasteiger partial charge is 0.339 e. The molecule has 1 aromatic carbocycles. The summed E-state index contributed by atoms with van der Waals surface area (Å²) in [7, 11) is 1.33. The summed E-state index contributed by atoms with van der Waals surface area (Å²) in [6.07, 6.45) is 0. The highest BCUT2D eigenvalue weighted by Gasteiger charge is 2.08. The molecule has 0 aliphatic carbocycles. The number of esters is 1. The average Bonchev–Trinajstić information content (AvgIpc) is 2.34. The van der Waals surface area contributed by atoms with Crippen LogP contribution in [0.5, 0.6) is 0 Å². The van der Waals surface area contributed by atoms with Crippen LogP contribution in [0.2, 0.25) is 0 Å². The van der Waals surface area contributed by atoms with Crippen LogP contribution in [-0.4, -0.2) is 23.9 Å². The van der Waals surface area contributed by atoms with Crippen LogP contribution in [0.1, 0.15) is 22.8 Å². The number of benzene rings is 1. The van der Waals surface area contributed by atoms with Gasteiger partial charge in [0.1, 0.15) is 0 Å². The maximum atomic E-state index is 11.4. The van der Waals surface area contributed by atoms with Crippen molar-refractivity contribution in [1.82, 2.24) is 0 Å². The van der Waals surface area contributed by atoms with Crippen LogP contribution in [0.25, 0.3) is 0 Å². The van der Waals surface area contributed by atoms with E-state index in [-0.39, 0.29) is 5.12 Å². The van der Waals surface area contributed by atoms with Crippen molar-refractivity contribution in [2.45, 2.75) is 6.92 Å². The van der Waals surface area contributed by atoms with E-state index in [0.29, 0.717) is 16.9 Å². The Hall–Kier alpha value is -1.73. The maximum absolute atomic E-state index is 11.4. The third-order valence-electron chi connectivity index (χ3n) is 1.90. The Morgan fingerprint density at radius 1 is 1.35 bits per heavy atom. The Morgan fingerprint density at radius 3 is 2.71 bits per heavy atom. The van der Waals surface area contributed by atoms with E-state index in [4.69, 9.17) is 0 Å². The summed E-state index contributed by atoms with van der Waals surface area (Å²) < 4.78 is 4.66. The molecule has 0 aromatic heterocycles. The van der Waals surface area contributed by atoms with Crippen molar-refractivity contribution in [3.05, 3.63) is 35.4 Å². The van der Waals surface area contributed by atoms with Crippen molar-refractivity contribution in [3.8, 4) is 11.8 Å². The average molecular weight is 248 g/mol. The zero-order valence-electron chi connectivity index (χ0n) is 9.65. The normalized spacial score (nSPS) is 9.06. The van der Waals surface area contributed by atoms with Gasteiger partial charge in [-0.05, 0) is 12.1 Å². The second-order valence-electron chi connectivity index (χ2n) is 3.12. The van der Waals surface area contributed by atoms with Crippen molar-refractivity contribution in [2.24, 2.45) is 0 Å². The summed E-state index contributed by atoms with van der Waals surface area (Å²) in [6.45, 7) is 1.49. The largest absolute Gasteiger partial charge is 0.465 e. The Balaban J connectivity index is 2.83. The predicted molar refractivity (Wildman–Crippen MR) is 67.8 cm³/mol. The van der Waals surface area contributed by atoms with E-state index >= 15 is 0 Å². The van der Waals surface area contributed by atoms with Crippen LogP contribution in [0.15, 0.2) is 24.3 Å². The first-order valence-corrected chi connectivity index (χ1v) is 5.93. The highest BCUT2D eigenvalue weighted by Crippen LogP contribution is 2.08. The number of hydrogen-bond acceptors (Lipinski definition) is 4.